The maximum atomic E-state index is 9.47. The topological polar surface area (TPSA) is 55.5 Å². The third-order valence-corrected chi connectivity index (χ3v) is 3.41. The van der Waals surface area contributed by atoms with Crippen molar-refractivity contribution in [2.45, 2.75) is 26.2 Å². The molecule has 0 aliphatic rings. The van der Waals surface area contributed by atoms with Gasteiger partial charge in [0.25, 0.3) is 0 Å². The predicted molar refractivity (Wildman–Crippen MR) is 66.0 cm³/mol. The summed E-state index contributed by atoms with van der Waals surface area (Å²) in [6.45, 7) is 6.51. The highest BCUT2D eigenvalue weighted by molar-refractivity contribution is 5.46. The van der Waals surface area contributed by atoms with Gasteiger partial charge in [0.2, 0.25) is 0 Å². The summed E-state index contributed by atoms with van der Waals surface area (Å²) < 4.78 is 5.27. The molecule has 0 aliphatic heterocycles. The maximum Gasteiger partial charge on any atom is 0.122 e. The lowest BCUT2D eigenvalue weighted by Gasteiger charge is -2.29. The molecular formula is C13H21NO2. The number of hydrogen-bond donors (Lipinski definition) is 2. The molecule has 0 aromatic heterocycles. The molecule has 0 spiro atoms. The van der Waals surface area contributed by atoms with E-state index in [1.54, 1.807) is 7.11 Å². The lowest BCUT2D eigenvalue weighted by molar-refractivity contribution is 0.209. The van der Waals surface area contributed by atoms with Gasteiger partial charge in [0, 0.05) is 12.0 Å². The molecule has 0 saturated heterocycles. The van der Waals surface area contributed by atoms with Crippen LogP contribution in [0.5, 0.6) is 5.75 Å². The molecule has 3 nitrogen and oxygen atoms in total. The Labute approximate surface area is 97.2 Å². The van der Waals surface area contributed by atoms with Crippen molar-refractivity contribution in [1.29, 1.82) is 0 Å². The Morgan fingerprint density at radius 1 is 1.31 bits per heavy atom. The van der Waals surface area contributed by atoms with E-state index in [1.165, 1.54) is 0 Å². The lowest BCUT2D eigenvalue weighted by Crippen LogP contribution is -2.36. The number of aliphatic hydroxyl groups is 1. The molecule has 90 valence electrons. The molecular weight excluding hydrogens is 202 g/mol. The Bertz CT molecular complexity index is 370. The summed E-state index contributed by atoms with van der Waals surface area (Å²) in [5.41, 5.74) is 8.71. The summed E-state index contributed by atoms with van der Waals surface area (Å²) in [7, 11) is 1.66. The number of aliphatic hydroxyl groups excluding tert-OH is 1. The fourth-order valence-corrected chi connectivity index (χ4v) is 1.93. The third-order valence-electron chi connectivity index (χ3n) is 3.41. The summed E-state index contributed by atoms with van der Waals surface area (Å²) in [6.07, 6.45) is 0. The Morgan fingerprint density at radius 3 is 2.38 bits per heavy atom. The van der Waals surface area contributed by atoms with Crippen molar-refractivity contribution in [1.82, 2.24) is 0 Å². The summed E-state index contributed by atoms with van der Waals surface area (Å²) in [6, 6.07) is 3.92. The fourth-order valence-electron chi connectivity index (χ4n) is 1.93. The molecule has 1 rings (SSSR count). The van der Waals surface area contributed by atoms with Gasteiger partial charge >= 0.3 is 0 Å². The number of nitrogens with two attached hydrogens (primary N) is 1. The molecule has 0 radical (unpaired) electrons. The summed E-state index contributed by atoms with van der Waals surface area (Å²) in [4.78, 5) is 0. The SMILES string of the molecule is COc1ccc(C(C)(CN)CO)c(C)c1C. The Balaban J connectivity index is 3.31. The van der Waals surface area contributed by atoms with Gasteiger partial charge in [-0.15, -0.1) is 0 Å². The van der Waals surface area contributed by atoms with Crippen molar-refractivity contribution in [2.24, 2.45) is 5.73 Å². The van der Waals surface area contributed by atoms with Crippen LogP contribution in [0.4, 0.5) is 0 Å². The van der Waals surface area contributed by atoms with E-state index in [-0.39, 0.29) is 12.0 Å². The molecule has 16 heavy (non-hydrogen) atoms. The molecule has 0 aliphatic carbocycles. The average molecular weight is 223 g/mol. The van der Waals surface area contributed by atoms with Crippen LogP contribution in [-0.2, 0) is 5.41 Å². The number of rotatable bonds is 4. The largest absolute Gasteiger partial charge is 0.496 e. The standard InChI is InChI=1S/C13H21NO2/c1-9-10(2)12(16-4)6-5-11(9)13(3,7-14)8-15/h5-6,15H,7-8,14H2,1-4H3. The second kappa shape index (κ2) is 4.85. The van der Waals surface area contributed by atoms with Gasteiger partial charge in [-0.05, 0) is 36.6 Å². The van der Waals surface area contributed by atoms with E-state index in [4.69, 9.17) is 10.5 Å². The minimum atomic E-state index is -0.374. The van der Waals surface area contributed by atoms with Crippen LogP contribution in [0.3, 0.4) is 0 Å². The lowest BCUT2D eigenvalue weighted by atomic mass is 9.79. The smallest absolute Gasteiger partial charge is 0.122 e. The highest BCUT2D eigenvalue weighted by atomic mass is 16.5. The van der Waals surface area contributed by atoms with Crippen LogP contribution in [0.15, 0.2) is 12.1 Å². The van der Waals surface area contributed by atoms with Crippen molar-refractivity contribution in [3.63, 3.8) is 0 Å². The Morgan fingerprint density at radius 2 is 1.94 bits per heavy atom. The van der Waals surface area contributed by atoms with Crippen molar-refractivity contribution >= 4 is 0 Å². The van der Waals surface area contributed by atoms with Crippen LogP contribution in [0, 0.1) is 13.8 Å². The number of hydrogen-bond acceptors (Lipinski definition) is 3. The minimum absolute atomic E-state index is 0.0517. The zero-order chi connectivity index (χ0) is 12.3. The first-order valence-corrected chi connectivity index (χ1v) is 5.45. The molecule has 3 N–H and O–H groups in total. The van der Waals surface area contributed by atoms with Gasteiger partial charge < -0.3 is 15.6 Å². The van der Waals surface area contributed by atoms with Crippen molar-refractivity contribution < 1.29 is 9.84 Å². The average Bonchev–Trinajstić information content (AvgIpc) is 2.31. The van der Waals surface area contributed by atoms with Crippen LogP contribution in [0.2, 0.25) is 0 Å². The van der Waals surface area contributed by atoms with Crippen LogP contribution in [0.1, 0.15) is 23.6 Å². The molecule has 0 bridgehead atoms. The zero-order valence-electron chi connectivity index (χ0n) is 10.5. The van der Waals surface area contributed by atoms with Gasteiger partial charge in [-0.3, -0.25) is 0 Å². The Kier molecular flexibility index (Phi) is 3.94. The molecule has 0 saturated carbocycles. The first kappa shape index (κ1) is 13.0. The van der Waals surface area contributed by atoms with Crippen LogP contribution < -0.4 is 10.5 Å². The fraction of sp³-hybridized carbons (Fsp3) is 0.538. The normalized spacial score (nSPS) is 14.6. The van der Waals surface area contributed by atoms with E-state index in [9.17, 15) is 5.11 Å². The van der Waals surface area contributed by atoms with E-state index in [0.29, 0.717) is 6.54 Å². The molecule has 0 fully saturated rings. The molecule has 1 unspecified atom stereocenters. The molecule has 1 aromatic carbocycles. The molecule has 0 amide bonds. The molecule has 0 heterocycles. The minimum Gasteiger partial charge on any atom is -0.496 e. The monoisotopic (exact) mass is 223 g/mol. The molecule has 3 heteroatoms. The summed E-state index contributed by atoms with van der Waals surface area (Å²) >= 11 is 0. The first-order chi connectivity index (χ1) is 7.50. The van der Waals surface area contributed by atoms with Crippen molar-refractivity contribution in [3.8, 4) is 5.75 Å². The van der Waals surface area contributed by atoms with Gasteiger partial charge in [0.1, 0.15) is 5.75 Å². The van der Waals surface area contributed by atoms with Crippen LogP contribution in [-0.4, -0.2) is 25.4 Å². The van der Waals surface area contributed by atoms with Crippen molar-refractivity contribution in [3.05, 3.63) is 28.8 Å². The molecule has 1 atom stereocenters. The summed E-state index contributed by atoms with van der Waals surface area (Å²) in [5, 5.41) is 9.47. The van der Waals surface area contributed by atoms with Gasteiger partial charge in [-0.1, -0.05) is 13.0 Å². The zero-order valence-corrected chi connectivity index (χ0v) is 10.5. The van der Waals surface area contributed by atoms with Gasteiger partial charge in [0.15, 0.2) is 0 Å². The second-order valence-electron chi connectivity index (χ2n) is 4.49. The second-order valence-corrected chi connectivity index (χ2v) is 4.49. The number of benzene rings is 1. The highest BCUT2D eigenvalue weighted by Gasteiger charge is 2.26. The van der Waals surface area contributed by atoms with Crippen LogP contribution >= 0.6 is 0 Å². The highest BCUT2D eigenvalue weighted by Crippen LogP contribution is 2.31. The first-order valence-electron chi connectivity index (χ1n) is 5.45. The van der Waals surface area contributed by atoms with E-state index >= 15 is 0 Å². The van der Waals surface area contributed by atoms with Gasteiger partial charge in [-0.25, -0.2) is 0 Å². The quantitative estimate of drug-likeness (QED) is 0.813. The van der Waals surface area contributed by atoms with E-state index < -0.39 is 0 Å². The third kappa shape index (κ3) is 2.06. The predicted octanol–water partition coefficient (Wildman–Crippen LogP) is 1.52. The van der Waals surface area contributed by atoms with E-state index in [0.717, 1.165) is 22.4 Å². The molecule has 1 aromatic rings. The van der Waals surface area contributed by atoms with Gasteiger partial charge in [0.05, 0.1) is 13.7 Å². The van der Waals surface area contributed by atoms with E-state index in [2.05, 4.69) is 0 Å². The number of methoxy groups -OCH3 is 1. The van der Waals surface area contributed by atoms with Gasteiger partial charge in [-0.2, -0.15) is 0 Å². The van der Waals surface area contributed by atoms with E-state index in [1.807, 2.05) is 32.9 Å². The number of ether oxygens (including phenoxy) is 1. The van der Waals surface area contributed by atoms with Crippen LogP contribution in [0.25, 0.3) is 0 Å². The Hall–Kier alpha value is -1.06. The summed E-state index contributed by atoms with van der Waals surface area (Å²) in [5.74, 6) is 0.874. The van der Waals surface area contributed by atoms with Crippen molar-refractivity contribution in [2.75, 3.05) is 20.3 Å². The maximum absolute atomic E-state index is 9.47.